The fraction of sp³-hybridized carbons (Fsp3) is 0.238. The number of carbonyl (C=O) groups excluding carboxylic acids is 2. The van der Waals surface area contributed by atoms with Gasteiger partial charge in [0.15, 0.2) is 5.01 Å². The minimum Gasteiger partial charge on any atom is -0.497 e. The number of ether oxygens (including phenoxy) is 2. The molecule has 1 aliphatic heterocycles. The molecule has 0 saturated carbocycles. The molecule has 154 valence electrons. The highest BCUT2D eigenvalue weighted by Crippen LogP contribution is 2.28. The molecule has 2 aromatic carbocycles. The van der Waals surface area contributed by atoms with Gasteiger partial charge in [-0.25, -0.2) is 0 Å². The van der Waals surface area contributed by atoms with E-state index in [1.807, 2.05) is 30.3 Å². The number of nitrogens with one attached hydrogen (secondary N) is 1. The van der Waals surface area contributed by atoms with Crippen molar-refractivity contribution in [2.24, 2.45) is 5.92 Å². The van der Waals surface area contributed by atoms with Gasteiger partial charge in [-0.15, -0.1) is 10.2 Å². The van der Waals surface area contributed by atoms with Crippen LogP contribution in [0.15, 0.2) is 54.6 Å². The predicted octanol–water partition coefficient (Wildman–Crippen LogP) is 3.12. The summed E-state index contributed by atoms with van der Waals surface area (Å²) >= 11 is 1.25. The van der Waals surface area contributed by atoms with Crippen LogP contribution in [0.4, 0.5) is 10.8 Å². The first-order chi connectivity index (χ1) is 14.6. The van der Waals surface area contributed by atoms with Gasteiger partial charge in [-0.1, -0.05) is 29.5 Å². The van der Waals surface area contributed by atoms with Crippen molar-refractivity contribution in [1.82, 2.24) is 10.2 Å². The van der Waals surface area contributed by atoms with Crippen LogP contribution in [0.5, 0.6) is 11.5 Å². The molecule has 30 heavy (non-hydrogen) atoms. The zero-order chi connectivity index (χ0) is 20.9. The molecule has 2 amide bonds. The summed E-state index contributed by atoms with van der Waals surface area (Å²) in [6.45, 7) is 0.588. The van der Waals surface area contributed by atoms with Gasteiger partial charge in [-0.2, -0.15) is 0 Å². The molecule has 3 aromatic rings. The lowest BCUT2D eigenvalue weighted by molar-refractivity contribution is -0.122. The Balaban J connectivity index is 1.33. The third-order valence-corrected chi connectivity index (χ3v) is 5.49. The topological polar surface area (TPSA) is 93.7 Å². The minimum absolute atomic E-state index is 0.0884. The van der Waals surface area contributed by atoms with E-state index in [0.717, 1.165) is 11.4 Å². The van der Waals surface area contributed by atoms with Crippen molar-refractivity contribution in [2.75, 3.05) is 23.9 Å². The molecule has 0 bridgehead atoms. The Hall–Kier alpha value is -3.46. The van der Waals surface area contributed by atoms with E-state index in [4.69, 9.17) is 9.47 Å². The van der Waals surface area contributed by atoms with Crippen LogP contribution in [-0.4, -0.2) is 35.7 Å². The molecule has 1 saturated heterocycles. The SMILES string of the molecule is COc1ccc(N2C[C@@H](C(=O)Nc3nnc(COc4ccccc4)s3)CC2=O)cc1. The summed E-state index contributed by atoms with van der Waals surface area (Å²) in [6, 6.07) is 16.6. The van der Waals surface area contributed by atoms with Crippen LogP contribution in [0.1, 0.15) is 11.4 Å². The summed E-state index contributed by atoms with van der Waals surface area (Å²) in [5.41, 5.74) is 0.743. The van der Waals surface area contributed by atoms with Crippen LogP contribution < -0.4 is 19.7 Å². The number of aromatic nitrogens is 2. The molecule has 4 rings (SSSR count). The summed E-state index contributed by atoms with van der Waals surface area (Å²) in [6.07, 6.45) is 0.153. The number of benzene rings is 2. The number of amides is 2. The largest absolute Gasteiger partial charge is 0.497 e. The molecule has 1 aromatic heterocycles. The number of hydrogen-bond acceptors (Lipinski definition) is 7. The van der Waals surface area contributed by atoms with Crippen molar-refractivity contribution in [3.05, 3.63) is 59.6 Å². The molecule has 8 nitrogen and oxygen atoms in total. The van der Waals surface area contributed by atoms with Crippen molar-refractivity contribution < 1.29 is 19.1 Å². The number of methoxy groups -OCH3 is 1. The van der Waals surface area contributed by atoms with Crippen LogP contribution >= 0.6 is 11.3 Å². The third-order valence-electron chi connectivity index (χ3n) is 4.68. The van der Waals surface area contributed by atoms with Gasteiger partial charge in [0, 0.05) is 18.7 Å². The van der Waals surface area contributed by atoms with E-state index >= 15 is 0 Å². The maximum Gasteiger partial charge on any atom is 0.231 e. The second kappa shape index (κ2) is 8.91. The first kappa shape index (κ1) is 19.8. The molecule has 1 atom stereocenters. The predicted molar refractivity (Wildman–Crippen MR) is 113 cm³/mol. The molecular weight excluding hydrogens is 404 g/mol. The smallest absolute Gasteiger partial charge is 0.231 e. The zero-order valence-corrected chi connectivity index (χ0v) is 17.1. The second-order valence-electron chi connectivity index (χ2n) is 6.70. The van der Waals surface area contributed by atoms with E-state index in [-0.39, 0.29) is 24.8 Å². The Kier molecular flexibility index (Phi) is 5.89. The van der Waals surface area contributed by atoms with Gasteiger partial charge >= 0.3 is 0 Å². The van der Waals surface area contributed by atoms with Gasteiger partial charge in [0.05, 0.1) is 13.0 Å². The van der Waals surface area contributed by atoms with Crippen LogP contribution in [0.25, 0.3) is 0 Å². The van der Waals surface area contributed by atoms with Crippen LogP contribution in [-0.2, 0) is 16.2 Å². The van der Waals surface area contributed by atoms with Crippen LogP contribution in [0.2, 0.25) is 0 Å². The quantitative estimate of drug-likeness (QED) is 0.626. The normalized spacial score (nSPS) is 15.8. The average molecular weight is 424 g/mol. The maximum atomic E-state index is 12.6. The molecule has 1 fully saturated rings. The number of anilines is 2. The van der Waals surface area contributed by atoms with Crippen LogP contribution in [0.3, 0.4) is 0 Å². The molecule has 2 heterocycles. The minimum atomic E-state index is -0.451. The van der Waals surface area contributed by atoms with Gasteiger partial charge in [0.2, 0.25) is 16.9 Å². The lowest BCUT2D eigenvalue weighted by atomic mass is 10.1. The Morgan fingerprint density at radius 1 is 1.13 bits per heavy atom. The van der Waals surface area contributed by atoms with E-state index in [1.165, 1.54) is 11.3 Å². The van der Waals surface area contributed by atoms with E-state index in [2.05, 4.69) is 15.5 Å². The van der Waals surface area contributed by atoms with Gasteiger partial charge in [0.25, 0.3) is 0 Å². The van der Waals surface area contributed by atoms with E-state index < -0.39 is 5.92 Å². The molecule has 0 unspecified atom stereocenters. The second-order valence-corrected chi connectivity index (χ2v) is 7.76. The number of nitrogens with zero attached hydrogens (tertiary/aromatic N) is 3. The van der Waals surface area contributed by atoms with E-state index in [9.17, 15) is 9.59 Å². The van der Waals surface area contributed by atoms with E-state index in [1.54, 1.807) is 36.3 Å². The zero-order valence-electron chi connectivity index (χ0n) is 16.3. The summed E-state index contributed by atoms with van der Waals surface area (Å²) in [5, 5.41) is 11.8. The fourth-order valence-corrected chi connectivity index (χ4v) is 3.78. The monoisotopic (exact) mass is 424 g/mol. The fourth-order valence-electron chi connectivity index (χ4n) is 3.13. The lowest BCUT2D eigenvalue weighted by Gasteiger charge is -2.16. The molecule has 0 radical (unpaired) electrons. The first-order valence-electron chi connectivity index (χ1n) is 9.38. The van der Waals surface area contributed by atoms with E-state index in [0.29, 0.717) is 22.4 Å². The summed E-state index contributed by atoms with van der Waals surface area (Å²) in [7, 11) is 1.59. The Morgan fingerprint density at radius 2 is 1.90 bits per heavy atom. The highest BCUT2D eigenvalue weighted by Gasteiger charge is 2.35. The van der Waals surface area contributed by atoms with Crippen molar-refractivity contribution in [3.63, 3.8) is 0 Å². The number of hydrogen-bond donors (Lipinski definition) is 1. The Morgan fingerprint density at radius 3 is 2.63 bits per heavy atom. The van der Waals surface area contributed by atoms with Gasteiger partial charge in [0.1, 0.15) is 18.1 Å². The molecule has 1 aliphatic rings. The number of para-hydroxylation sites is 1. The number of carbonyl (C=O) groups is 2. The molecule has 0 spiro atoms. The molecular formula is C21H20N4O4S. The summed E-state index contributed by atoms with van der Waals surface area (Å²) in [5.74, 6) is 0.664. The third kappa shape index (κ3) is 4.57. The maximum absolute atomic E-state index is 12.6. The van der Waals surface area contributed by atoms with Crippen molar-refractivity contribution in [2.45, 2.75) is 13.0 Å². The number of rotatable bonds is 7. The van der Waals surface area contributed by atoms with Crippen LogP contribution in [0, 0.1) is 5.92 Å². The van der Waals surface area contributed by atoms with Crippen molar-refractivity contribution in [3.8, 4) is 11.5 Å². The van der Waals surface area contributed by atoms with Crippen molar-refractivity contribution in [1.29, 1.82) is 0 Å². The van der Waals surface area contributed by atoms with Gasteiger partial charge in [-0.05, 0) is 36.4 Å². The standard InChI is InChI=1S/C21H20N4O4S/c1-28-16-9-7-15(8-10-16)25-12-14(11-19(25)26)20(27)22-21-24-23-18(30-21)13-29-17-5-3-2-4-6-17/h2-10,14H,11-13H2,1H3,(H,22,24,27)/t14-/m0/s1. The van der Waals surface area contributed by atoms with Gasteiger partial charge < -0.3 is 19.7 Å². The summed E-state index contributed by atoms with van der Waals surface area (Å²) < 4.78 is 10.8. The Bertz CT molecular complexity index is 1020. The highest BCUT2D eigenvalue weighted by molar-refractivity contribution is 7.15. The van der Waals surface area contributed by atoms with Crippen molar-refractivity contribution >= 4 is 34.0 Å². The van der Waals surface area contributed by atoms with Gasteiger partial charge in [-0.3, -0.25) is 9.59 Å². The molecule has 1 N–H and O–H groups in total. The molecule has 9 heteroatoms. The summed E-state index contributed by atoms with van der Waals surface area (Å²) in [4.78, 5) is 26.6. The molecule has 0 aliphatic carbocycles. The average Bonchev–Trinajstić information content (AvgIpc) is 3.39. The Labute approximate surface area is 177 Å². The highest BCUT2D eigenvalue weighted by atomic mass is 32.1. The first-order valence-corrected chi connectivity index (χ1v) is 10.2. The lowest BCUT2D eigenvalue weighted by Crippen LogP contribution is -2.28.